The molecule has 19 heavy (non-hydrogen) atoms. The van der Waals surface area contributed by atoms with Gasteiger partial charge in [0.05, 0.1) is 0 Å². The molecule has 5 rings (SSSR count). The molecule has 1 aromatic rings. The van der Waals surface area contributed by atoms with Crippen LogP contribution < -0.4 is 5.32 Å². The molecule has 1 atom stereocenters. The Kier molecular flexibility index (Phi) is 2.58. The largest absolute Gasteiger partial charge is 0.366 e. The van der Waals surface area contributed by atoms with Gasteiger partial charge >= 0.3 is 0 Å². The lowest BCUT2D eigenvalue weighted by Gasteiger charge is -2.59. The summed E-state index contributed by atoms with van der Waals surface area (Å²) in [5.41, 5.74) is 0.534. The van der Waals surface area contributed by atoms with E-state index >= 15 is 0 Å². The molecule has 1 N–H and O–H groups in total. The van der Waals surface area contributed by atoms with Gasteiger partial charge in [0.2, 0.25) is 0 Å². The number of nitrogens with zero attached hydrogens (tertiary/aromatic N) is 2. The molecule has 4 aliphatic carbocycles. The van der Waals surface area contributed by atoms with E-state index in [0.29, 0.717) is 11.5 Å². The van der Waals surface area contributed by atoms with Crippen LogP contribution in [0.2, 0.25) is 0 Å². The number of hydrogen-bond acceptors (Lipinski definition) is 3. The van der Waals surface area contributed by atoms with Crippen molar-refractivity contribution in [3.05, 3.63) is 18.3 Å². The SMILES string of the molecule is CC(Nc1cccnn1)C12CC3CC(CC(C3)C1)C2. The van der Waals surface area contributed by atoms with Gasteiger partial charge in [-0.1, -0.05) is 0 Å². The van der Waals surface area contributed by atoms with Crippen molar-refractivity contribution in [1.29, 1.82) is 0 Å². The molecule has 102 valence electrons. The van der Waals surface area contributed by atoms with E-state index in [1.54, 1.807) is 6.20 Å². The minimum atomic E-state index is 0.526. The molecule has 4 saturated carbocycles. The molecule has 4 aliphatic rings. The number of nitrogens with one attached hydrogen (secondary N) is 1. The normalized spacial score (nSPS) is 41.2. The highest BCUT2D eigenvalue weighted by molar-refractivity contribution is 5.34. The number of anilines is 1. The van der Waals surface area contributed by atoms with Gasteiger partial charge < -0.3 is 5.32 Å². The van der Waals surface area contributed by atoms with Crippen LogP contribution in [0.3, 0.4) is 0 Å². The molecule has 0 aromatic carbocycles. The average Bonchev–Trinajstić information content (AvgIpc) is 2.38. The molecule has 0 saturated heterocycles. The fourth-order valence-electron chi connectivity index (χ4n) is 5.46. The van der Waals surface area contributed by atoms with Crippen LogP contribution >= 0.6 is 0 Å². The molecule has 3 nitrogen and oxygen atoms in total. The molecular weight excluding hydrogens is 234 g/mol. The third kappa shape index (κ3) is 1.94. The Labute approximate surface area is 115 Å². The van der Waals surface area contributed by atoms with Crippen LogP contribution in [0.1, 0.15) is 45.4 Å². The summed E-state index contributed by atoms with van der Waals surface area (Å²) < 4.78 is 0. The van der Waals surface area contributed by atoms with Gasteiger partial charge in [0.25, 0.3) is 0 Å². The standard InChI is InChI=1S/C16H23N3/c1-11(18-15-3-2-4-17-19-15)16-8-12-5-13(9-16)7-14(6-12)10-16/h2-4,11-14H,5-10H2,1H3,(H,18,19). The Bertz CT molecular complexity index is 421. The molecule has 3 heteroatoms. The molecule has 1 aromatic heterocycles. The van der Waals surface area contributed by atoms with E-state index in [1.807, 2.05) is 12.1 Å². The second kappa shape index (κ2) is 4.19. The smallest absolute Gasteiger partial charge is 0.148 e. The van der Waals surface area contributed by atoms with E-state index in [1.165, 1.54) is 38.5 Å². The lowest BCUT2D eigenvalue weighted by molar-refractivity contribution is -0.0603. The highest BCUT2D eigenvalue weighted by atomic mass is 15.2. The van der Waals surface area contributed by atoms with Crippen molar-refractivity contribution in [1.82, 2.24) is 10.2 Å². The first kappa shape index (κ1) is 11.7. The number of hydrogen-bond donors (Lipinski definition) is 1. The molecule has 4 fully saturated rings. The number of rotatable bonds is 3. The lowest BCUT2D eigenvalue weighted by Crippen LogP contribution is -2.53. The van der Waals surface area contributed by atoms with E-state index in [9.17, 15) is 0 Å². The maximum absolute atomic E-state index is 4.19. The van der Waals surface area contributed by atoms with Crippen LogP contribution in [0.15, 0.2) is 18.3 Å². The van der Waals surface area contributed by atoms with Gasteiger partial charge in [0.1, 0.15) is 5.82 Å². The molecule has 0 radical (unpaired) electrons. The molecular formula is C16H23N3. The first-order valence-corrected chi connectivity index (χ1v) is 7.78. The van der Waals surface area contributed by atoms with E-state index in [2.05, 4.69) is 22.4 Å². The Morgan fingerprint density at radius 2 is 1.79 bits per heavy atom. The lowest BCUT2D eigenvalue weighted by atomic mass is 9.48. The van der Waals surface area contributed by atoms with Crippen LogP contribution in [-0.4, -0.2) is 16.2 Å². The van der Waals surface area contributed by atoms with Crippen LogP contribution in [0, 0.1) is 23.2 Å². The van der Waals surface area contributed by atoms with Crippen molar-refractivity contribution in [2.75, 3.05) is 5.32 Å². The van der Waals surface area contributed by atoms with E-state index < -0.39 is 0 Å². The zero-order chi connectivity index (χ0) is 12.9. The third-order valence-electron chi connectivity index (χ3n) is 5.94. The van der Waals surface area contributed by atoms with Crippen LogP contribution in [-0.2, 0) is 0 Å². The monoisotopic (exact) mass is 257 g/mol. The van der Waals surface area contributed by atoms with Crippen molar-refractivity contribution >= 4 is 5.82 Å². The molecule has 0 amide bonds. The first-order valence-electron chi connectivity index (χ1n) is 7.78. The summed E-state index contributed by atoms with van der Waals surface area (Å²) >= 11 is 0. The van der Waals surface area contributed by atoms with Crippen LogP contribution in [0.25, 0.3) is 0 Å². The van der Waals surface area contributed by atoms with Crippen molar-refractivity contribution in [3.63, 3.8) is 0 Å². The zero-order valence-electron chi connectivity index (χ0n) is 11.7. The minimum Gasteiger partial charge on any atom is -0.366 e. The summed E-state index contributed by atoms with van der Waals surface area (Å²) in [5, 5.41) is 11.8. The summed E-state index contributed by atoms with van der Waals surface area (Å²) in [4.78, 5) is 0. The Morgan fingerprint density at radius 3 is 2.32 bits per heavy atom. The summed E-state index contributed by atoms with van der Waals surface area (Å²) in [7, 11) is 0. The fourth-order valence-corrected chi connectivity index (χ4v) is 5.46. The Balaban J connectivity index is 1.55. The van der Waals surface area contributed by atoms with Crippen molar-refractivity contribution in [2.45, 2.75) is 51.5 Å². The Morgan fingerprint density at radius 1 is 1.16 bits per heavy atom. The van der Waals surface area contributed by atoms with E-state index in [4.69, 9.17) is 0 Å². The zero-order valence-corrected chi connectivity index (χ0v) is 11.7. The van der Waals surface area contributed by atoms with Gasteiger partial charge in [-0.25, -0.2) is 0 Å². The average molecular weight is 257 g/mol. The first-order chi connectivity index (χ1) is 9.23. The Hall–Kier alpha value is -1.12. The maximum atomic E-state index is 4.19. The van der Waals surface area contributed by atoms with Crippen LogP contribution in [0.5, 0.6) is 0 Å². The molecule has 0 spiro atoms. The molecule has 1 heterocycles. The van der Waals surface area contributed by atoms with E-state index in [0.717, 1.165) is 23.6 Å². The summed E-state index contributed by atoms with van der Waals surface area (Å²) in [5.74, 6) is 3.97. The van der Waals surface area contributed by atoms with Crippen molar-refractivity contribution in [3.8, 4) is 0 Å². The summed E-state index contributed by atoms with van der Waals surface area (Å²) in [6.07, 6.45) is 10.6. The van der Waals surface area contributed by atoms with Crippen LogP contribution in [0.4, 0.5) is 5.82 Å². The van der Waals surface area contributed by atoms with Gasteiger partial charge in [0.15, 0.2) is 0 Å². The molecule has 4 bridgehead atoms. The number of aromatic nitrogens is 2. The summed E-state index contributed by atoms with van der Waals surface area (Å²) in [6.45, 7) is 2.36. The molecule has 0 aliphatic heterocycles. The molecule has 1 unspecified atom stereocenters. The van der Waals surface area contributed by atoms with Gasteiger partial charge in [-0.3, -0.25) is 0 Å². The van der Waals surface area contributed by atoms with Gasteiger partial charge in [0, 0.05) is 12.2 Å². The fraction of sp³-hybridized carbons (Fsp3) is 0.750. The topological polar surface area (TPSA) is 37.8 Å². The van der Waals surface area contributed by atoms with Crippen molar-refractivity contribution in [2.24, 2.45) is 23.2 Å². The van der Waals surface area contributed by atoms with Gasteiger partial charge in [-0.05, 0) is 80.8 Å². The second-order valence-corrected chi connectivity index (χ2v) is 7.25. The summed E-state index contributed by atoms with van der Waals surface area (Å²) in [6, 6.07) is 4.52. The predicted octanol–water partition coefficient (Wildman–Crippen LogP) is 3.49. The predicted molar refractivity (Wildman–Crippen MR) is 75.7 cm³/mol. The van der Waals surface area contributed by atoms with Gasteiger partial charge in [-0.15, -0.1) is 5.10 Å². The van der Waals surface area contributed by atoms with E-state index in [-0.39, 0.29) is 0 Å². The minimum absolute atomic E-state index is 0.526. The third-order valence-corrected chi connectivity index (χ3v) is 5.94. The maximum Gasteiger partial charge on any atom is 0.148 e. The van der Waals surface area contributed by atoms with Gasteiger partial charge in [-0.2, -0.15) is 5.10 Å². The second-order valence-electron chi connectivity index (χ2n) is 7.25. The highest BCUT2D eigenvalue weighted by Gasteiger charge is 2.53. The van der Waals surface area contributed by atoms with Crippen molar-refractivity contribution < 1.29 is 0 Å². The highest BCUT2D eigenvalue weighted by Crippen LogP contribution is 2.61. The quantitative estimate of drug-likeness (QED) is 0.900.